The van der Waals surface area contributed by atoms with Crippen molar-refractivity contribution in [1.29, 1.82) is 0 Å². The van der Waals surface area contributed by atoms with Crippen molar-refractivity contribution in [2.45, 2.75) is 130 Å². The fourth-order valence-electron chi connectivity index (χ4n) is 16.2. The number of para-hydroxylation sites is 1. The number of ether oxygens (including phenoxy) is 6. The minimum atomic E-state index is -1.14. The minimum absolute atomic E-state index is 0.00350. The molecular formula is C77H97N13O16S. The molecule has 9 amide bonds. The molecule has 107 heavy (non-hydrogen) atoms. The molecule has 3 aliphatic carbocycles. The van der Waals surface area contributed by atoms with Crippen LogP contribution in [0.4, 0.5) is 26.2 Å². The third kappa shape index (κ3) is 17.8. The van der Waals surface area contributed by atoms with E-state index in [9.17, 15) is 48.3 Å². The third-order valence-electron chi connectivity index (χ3n) is 21.7. The van der Waals surface area contributed by atoms with E-state index in [4.69, 9.17) is 44.2 Å². The molecule has 0 radical (unpaired) electrons. The number of nitrogens with zero attached hydrogens (tertiary/aromatic N) is 7. The van der Waals surface area contributed by atoms with Crippen LogP contribution in [0.5, 0.6) is 0 Å². The molecule has 6 aromatic rings. The summed E-state index contributed by atoms with van der Waals surface area (Å²) in [5, 5.41) is 29.9. The van der Waals surface area contributed by atoms with Crippen molar-refractivity contribution in [3.63, 3.8) is 0 Å². The fourth-order valence-corrected chi connectivity index (χ4v) is 17.0. The van der Waals surface area contributed by atoms with E-state index in [2.05, 4.69) is 50.1 Å². The molecule has 3 saturated carbocycles. The van der Waals surface area contributed by atoms with Crippen LogP contribution >= 0.6 is 11.3 Å². The predicted molar refractivity (Wildman–Crippen MR) is 398 cm³/mol. The molecule has 3 aromatic carbocycles. The lowest BCUT2D eigenvalue weighted by Crippen LogP contribution is -2.87. The Labute approximate surface area is 625 Å². The number of aromatic nitrogens is 4. The van der Waals surface area contributed by atoms with Gasteiger partial charge in [0.05, 0.1) is 81.4 Å². The molecule has 6 atom stereocenters. The van der Waals surface area contributed by atoms with Gasteiger partial charge in [0.15, 0.2) is 10.8 Å². The molecule has 30 heteroatoms. The van der Waals surface area contributed by atoms with Crippen LogP contribution < -0.4 is 37.2 Å². The van der Waals surface area contributed by atoms with E-state index in [0.29, 0.717) is 97.6 Å². The van der Waals surface area contributed by atoms with Crippen LogP contribution in [0.3, 0.4) is 0 Å². The van der Waals surface area contributed by atoms with E-state index >= 15 is 0 Å². The first-order valence-corrected chi connectivity index (χ1v) is 37.6. The standard InChI is InChI=1S/C77H97N13O16S/c1-7-51(8-2)58-41-75(47-90-49(5)56(42-80-90)54-22-23-62(84-67(54)71(97)98)88-30-26-52-13-11-14-55(57(52)43-88)68(94)86-73-83-59-15-9-10-17-61(59)107-73)46-76(27-28-77(58,75)76)106-40-39-103-36-35-101-33-31-87(6)74(100)105-44-50-18-20-53(21-19-50)81-69(95)60(16-12-29-79-72(78)99)82-70(96)66(48(3)4)85-63(91)45-104-38-37-102-34-32-89-64(92)24-25-65(89)93/h9-11,13-15,17-25,42,48,51,58,60,66H,7-8,12,16,26-41,43-47H2,1-6H3,(H,81,95)(H,82,96)(H,85,91)(H,97,98)(H3,78,79,99)(H,83,86,94)/t58?,60-,66-,75?,76?,77?/m0/s1. The molecule has 4 unspecified atom stereocenters. The SMILES string of the molecule is CCC(CC)C1CC2(Cn3ncc(-c4ccc(N5CCc6cccc(C(=O)Nc7nc8ccccc8s7)c6C5)nc4C(=O)O)c3C)CC3(OCCOCCOCCN(C)C(=O)OCc4ccc(NC(=O)[C@H](CCCNC(N)=O)NC(=O)[C@@H](NC(=O)COCCOCCN5C(=O)C=CC5=O)C(C)C)cc4)CCC123. The molecular weight excluding hydrogens is 1390 g/mol. The number of rotatable bonds is 40. The van der Waals surface area contributed by atoms with Crippen molar-refractivity contribution in [3.8, 4) is 11.1 Å². The van der Waals surface area contributed by atoms with Crippen LogP contribution in [0.2, 0.25) is 0 Å². The predicted octanol–water partition coefficient (Wildman–Crippen LogP) is 8.03. The number of likely N-dealkylation sites (N-methyl/N-ethyl adjacent to an activating group) is 1. The molecule has 8 N–H and O–H groups in total. The Hall–Kier alpha value is -9.72. The quantitative estimate of drug-likeness (QED) is 0.0141. The summed E-state index contributed by atoms with van der Waals surface area (Å²) < 4.78 is 38.2. The number of nitrogens with two attached hydrogens (primary N) is 1. The van der Waals surface area contributed by atoms with Crippen LogP contribution in [0.25, 0.3) is 21.3 Å². The van der Waals surface area contributed by atoms with Gasteiger partial charge in [0.1, 0.15) is 31.1 Å². The molecule has 1 spiro atoms. The van der Waals surface area contributed by atoms with Gasteiger partial charge in [0.25, 0.3) is 17.7 Å². The number of aromatic carboxylic acids is 1. The zero-order valence-electron chi connectivity index (χ0n) is 61.5. The first-order chi connectivity index (χ1) is 51.6. The number of imide groups is 1. The van der Waals surface area contributed by atoms with Gasteiger partial charge in [-0.05, 0) is 129 Å². The number of nitrogens with one attached hydrogen (secondary N) is 5. The average molecular weight is 1490 g/mol. The highest BCUT2D eigenvalue weighted by molar-refractivity contribution is 7.22. The lowest BCUT2D eigenvalue weighted by atomic mass is 9.19. The zero-order chi connectivity index (χ0) is 76.0. The van der Waals surface area contributed by atoms with Crippen LogP contribution in [-0.2, 0) is 78.5 Å². The monoisotopic (exact) mass is 1490 g/mol. The average Bonchev–Trinajstić information content (AvgIpc) is 0.689. The highest BCUT2D eigenvalue weighted by Crippen LogP contribution is 2.88. The number of amides is 9. The molecule has 5 heterocycles. The van der Waals surface area contributed by atoms with Crippen molar-refractivity contribution < 1.29 is 76.7 Å². The summed E-state index contributed by atoms with van der Waals surface area (Å²) in [7, 11) is 1.61. The van der Waals surface area contributed by atoms with E-state index in [-0.39, 0.29) is 93.5 Å². The number of benzene rings is 3. The van der Waals surface area contributed by atoms with Gasteiger partial charge in [-0.25, -0.2) is 24.4 Å². The minimum Gasteiger partial charge on any atom is -0.476 e. The summed E-state index contributed by atoms with van der Waals surface area (Å²) >= 11 is 1.42. The number of primary amides is 1. The van der Waals surface area contributed by atoms with Crippen LogP contribution in [0.1, 0.15) is 122 Å². The van der Waals surface area contributed by atoms with E-state index in [1.807, 2.05) is 66.4 Å². The topological polar surface area (TPSA) is 369 Å². The van der Waals surface area contributed by atoms with Crippen LogP contribution in [-0.4, -0.2) is 199 Å². The summed E-state index contributed by atoms with van der Waals surface area (Å²) in [5.74, 6) is -2.78. The summed E-state index contributed by atoms with van der Waals surface area (Å²) in [5.41, 5.74) is 11.3. The lowest BCUT2D eigenvalue weighted by Gasteiger charge is -2.87. The Kier molecular flexibility index (Phi) is 25.9. The van der Waals surface area contributed by atoms with Gasteiger partial charge < -0.3 is 70.3 Å². The maximum atomic E-state index is 13.8. The molecule has 0 bridgehead atoms. The van der Waals surface area contributed by atoms with E-state index in [0.717, 1.165) is 76.0 Å². The number of carbonyl (C=O) groups is 9. The first kappa shape index (κ1) is 78.4. The Morgan fingerprint density at radius 2 is 1.53 bits per heavy atom. The van der Waals surface area contributed by atoms with Gasteiger partial charge >= 0.3 is 18.1 Å². The van der Waals surface area contributed by atoms with Gasteiger partial charge in [0.2, 0.25) is 17.7 Å². The maximum Gasteiger partial charge on any atom is 0.409 e. The second-order valence-corrected chi connectivity index (χ2v) is 29.4. The molecule has 29 nitrogen and oxygen atoms in total. The molecule has 572 valence electrons. The van der Waals surface area contributed by atoms with E-state index in [1.165, 1.54) is 28.4 Å². The number of pyridine rings is 1. The molecule has 3 aromatic heterocycles. The van der Waals surface area contributed by atoms with Crippen molar-refractivity contribution >= 4 is 91.7 Å². The van der Waals surface area contributed by atoms with Gasteiger partial charge in [-0.2, -0.15) is 5.10 Å². The number of urea groups is 1. The van der Waals surface area contributed by atoms with Gasteiger partial charge in [-0.15, -0.1) is 0 Å². The highest BCUT2D eigenvalue weighted by Gasteiger charge is 2.87. The maximum absolute atomic E-state index is 13.8. The number of hydrogen-bond acceptors (Lipinski definition) is 20. The highest BCUT2D eigenvalue weighted by atomic mass is 32.1. The molecule has 11 rings (SSSR count). The zero-order valence-corrected chi connectivity index (χ0v) is 62.3. The Morgan fingerprint density at radius 1 is 0.804 bits per heavy atom. The number of thiazole rings is 1. The van der Waals surface area contributed by atoms with Crippen LogP contribution in [0, 0.1) is 35.5 Å². The number of anilines is 3. The lowest BCUT2D eigenvalue weighted by molar-refractivity contribution is -0.437. The van der Waals surface area contributed by atoms with Gasteiger partial charge in [-0.3, -0.25) is 43.7 Å². The van der Waals surface area contributed by atoms with E-state index < -0.39 is 72.2 Å². The Bertz CT molecular complexity index is 4210. The Morgan fingerprint density at radius 3 is 2.24 bits per heavy atom. The van der Waals surface area contributed by atoms with Crippen LogP contribution in [0.15, 0.2) is 97.2 Å². The largest absolute Gasteiger partial charge is 0.476 e. The van der Waals surface area contributed by atoms with Crippen molar-refractivity contribution in [3.05, 3.63) is 131 Å². The van der Waals surface area contributed by atoms with E-state index in [1.54, 1.807) is 51.4 Å². The van der Waals surface area contributed by atoms with Crippen molar-refractivity contribution in [1.82, 2.24) is 45.5 Å². The smallest absolute Gasteiger partial charge is 0.409 e. The first-order valence-electron chi connectivity index (χ1n) is 36.8. The Balaban J connectivity index is 0.594. The fraction of sp³-hybridized carbons (Fsp3) is 0.506. The number of fused-ring (bicyclic) bond motifs is 2. The van der Waals surface area contributed by atoms with Crippen molar-refractivity contribution in [2.24, 2.45) is 34.3 Å². The second kappa shape index (κ2) is 35.3. The number of carboxylic acids is 1. The second-order valence-electron chi connectivity index (χ2n) is 28.4. The molecule has 5 aliphatic rings. The number of hydrogen-bond donors (Lipinski definition) is 7. The summed E-state index contributed by atoms with van der Waals surface area (Å²) in [6, 6.07) is 20.9. The van der Waals surface area contributed by atoms with Gasteiger partial charge in [0, 0.05) is 90.8 Å². The van der Waals surface area contributed by atoms with Gasteiger partial charge in [-0.1, -0.05) is 88.3 Å². The third-order valence-corrected chi connectivity index (χ3v) is 22.7. The summed E-state index contributed by atoms with van der Waals surface area (Å²) in [6.07, 6.45) is 10.9. The summed E-state index contributed by atoms with van der Waals surface area (Å²) in [6.45, 7) is 13.7. The van der Waals surface area contributed by atoms with Crippen molar-refractivity contribution in [2.75, 3.05) is 108 Å². The molecule has 2 aliphatic heterocycles. The summed E-state index contributed by atoms with van der Waals surface area (Å²) in [4.78, 5) is 129. The molecule has 0 saturated heterocycles. The number of carboxylic acid groups (broad SMARTS) is 1. The normalized spacial score (nSPS) is 19.6. The molecule has 3 fully saturated rings. The number of carbonyl (C=O) groups excluding carboxylic acids is 8.